The van der Waals surface area contributed by atoms with Gasteiger partial charge in [0.05, 0.1) is 39.9 Å². The number of aliphatic hydroxyl groups excluding tert-OH is 1. The number of unbranched alkanes of at least 4 members (excludes halogenated alkanes) is 22. The monoisotopic (exact) mass is 1130 g/mol. The smallest absolute Gasteiger partial charge is 0.387 e. The Balaban J connectivity index is 4.13. The normalized spacial score (nSPS) is 14.7. The summed E-state index contributed by atoms with van der Waals surface area (Å²) in [7, 11) is 1.54. The van der Waals surface area contributed by atoms with Crippen molar-refractivity contribution in [3.8, 4) is 0 Å². The number of carbonyl (C=O) groups excluding carboxylic acids is 1. The van der Waals surface area contributed by atoms with Crippen LogP contribution < -0.4 is 5.32 Å². The molecule has 0 spiro atoms. The van der Waals surface area contributed by atoms with Gasteiger partial charge in [-0.1, -0.05) is 275 Å². The number of aliphatic hydroxyl groups is 1. The van der Waals surface area contributed by atoms with E-state index in [2.05, 4.69) is 153 Å². The molecule has 0 saturated carbocycles. The molecule has 8 nitrogen and oxygen atoms in total. The number of likely N-dealkylation sites (N-methyl/N-ethyl adjacent to an activating group) is 1. The van der Waals surface area contributed by atoms with Crippen molar-refractivity contribution in [3.63, 3.8) is 0 Å². The van der Waals surface area contributed by atoms with Crippen LogP contribution in [0.25, 0.3) is 0 Å². The molecular formula is C71H122N2O6P+. The lowest BCUT2D eigenvalue weighted by Crippen LogP contribution is -2.45. The third kappa shape index (κ3) is 62.0. The van der Waals surface area contributed by atoms with Crippen molar-refractivity contribution in [2.24, 2.45) is 0 Å². The third-order valence-electron chi connectivity index (χ3n) is 13.5. The number of phosphoric acid groups is 1. The lowest BCUT2D eigenvalue weighted by atomic mass is 10.0. The van der Waals surface area contributed by atoms with Crippen LogP contribution in [0.2, 0.25) is 0 Å². The summed E-state index contributed by atoms with van der Waals surface area (Å²) in [5.41, 5.74) is 0. The van der Waals surface area contributed by atoms with Crippen LogP contribution >= 0.6 is 7.82 Å². The minimum atomic E-state index is -4.37. The zero-order chi connectivity index (χ0) is 58.4. The van der Waals surface area contributed by atoms with Gasteiger partial charge >= 0.3 is 7.82 Å². The number of hydrogen-bond donors (Lipinski definition) is 3. The Morgan fingerprint density at radius 3 is 1.15 bits per heavy atom. The Labute approximate surface area is 493 Å². The highest BCUT2D eigenvalue weighted by Crippen LogP contribution is 2.43. The van der Waals surface area contributed by atoms with E-state index in [0.717, 1.165) is 109 Å². The van der Waals surface area contributed by atoms with Gasteiger partial charge in [-0.05, 0) is 109 Å². The topological polar surface area (TPSA) is 105 Å². The van der Waals surface area contributed by atoms with E-state index in [-0.39, 0.29) is 19.1 Å². The summed E-state index contributed by atoms with van der Waals surface area (Å²) in [4.78, 5) is 23.3. The second-order valence-corrected chi connectivity index (χ2v) is 23.8. The van der Waals surface area contributed by atoms with Gasteiger partial charge in [0.1, 0.15) is 13.2 Å². The maximum atomic E-state index is 13.0. The molecule has 0 aliphatic rings. The van der Waals surface area contributed by atoms with Crippen LogP contribution in [0.3, 0.4) is 0 Å². The van der Waals surface area contributed by atoms with E-state index in [4.69, 9.17) is 9.05 Å². The van der Waals surface area contributed by atoms with Crippen molar-refractivity contribution in [2.45, 2.75) is 257 Å². The van der Waals surface area contributed by atoms with Gasteiger partial charge in [0.15, 0.2) is 0 Å². The quantitative estimate of drug-likeness (QED) is 0.0243. The molecule has 0 aromatic heterocycles. The summed E-state index contributed by atoms with van der Waals surface area (Å²) in [6, 6.07) is -0.876. The first-order chi connectivity index (χ1) is 39.0. The van der Waals surface area contributed by atoms with Crippen molar-refractivity contribution in [3.05, 3.63) is 146 Å². The largest absolute Gasteiger partial charge is 0.472 e. The molecule has 0 aliphatic heterocycles. The Hall–Kier alpha value is -3.62. The molecule has 9 heteroatoms. The minimum Gasteiger partial charge on any atom is -0.387 e. The molecule has 0 heterocycles. The van der Waals surface area contributed by atoms with Gasteiger partial charge in [-0.2, -0.15) is 0 Å². The first kappa shape index (κ1) is 76.4. The van der Waals surface area contributed by atoms with E-state index in [1.54, 1.807) is 6.08 Å². The maximum absolute atomic E-state index is 13.0. The van der Waals surface area contributed by atoms with Crippen LogP contribution in [0.4, 0.5) is 0 Å². The fourth-order valence-corrected chi connectivity index (χ4v) is 9.29. The Bertz CT molecular complexity index is 1810. The van der Waals surface area contributed by atoms with Crippen molar-refractivity contribution < 1.29 is 32.9 Å². The van der Waals surface area contributed by atoms with Gasteiger partial charge in [0, 0.05) is 6.42 Å². The zero-order valence-corrected chi connectivity index (χ0v) is 52.9. The fourth-order valence-electron chi connectivity index (χ4n) is 8.56. The van der Waals surface area contributed by atoms with Crippen molar-refractivity contribution in [2.75, 3.05) is 40.9 Å². The van der Waals surface area contributed by atoms with E-state index >= 15 is 0 Å². The van der Waals surface area contributed by atoms with Crippen LogP contribution in [0.15, 0.2) is 146 Å². The second kappa shape index (κ2) is 60.0. The predicted octanol–water partition coefficient (Wildman–Crippen LogP) is 20.4. The number of carbonyl (C=O) groups is 1. The van der Waals surface area contributed by atoms with Crippen molar-refractivity contribution in [1.82, 2.24) is 5.32 Å². The molecule has 3 N–H and O–H groups in total. The lowest BCUT2D eigenvalue weighted by molar-refractivity contribution is -0.870. The first-order valence-corrected chi connectivity index (χ1v) is 33.7. The van der Waals surface area contributed by atoms with E-state index in [1.807, 2.05) is 27.2 Å². The van der Waals surface area contributed by atoms with Crippen LogP contribution in [0.1, 0.15) is 245 Å². The van der Waals surface area contributed by atoms with E-state index in [1.165, 1.54) is 116 Å². The van der Waals surface area contributed by atoms with Crippen LogP contribution in [-0.4, -0.2) is 73.4 Å². The third-order valence-corrected chi connectivity index (χ3v) is 14.5. The number of quaternary nitrogens is 1. The van der Waals surface area contributed by atoms with Crippen LogP contribution in [-0.2, 0) is 18.4 Å². The van der Waals surface area contributed by atoms with Gasteiger partial charge in [-0.3, -0.25) is 13.8 Å². The van der Waals surface area contributed by atoms with Gasteiger partial charge in [0.25, 0.3) is 0 Å². The van der Waals surface area contributed by atoms with Gasteiger partial charge in [-0.25, -0.2) is 4.57 Å². The first-order valence-electron chi connectivity index (χ1n) is 32.2. The number of rotatable bonds is 57. The number of nitrogens with zero attached hydrogens (tertiary/aromatic N) is 1. The average Bonchev–Trinajstić information content (AvgIpc) is 3.42. The molecule has 1 amide bonds. The summed E-state index contributed by atoms with van der Waals surface area (Å²) >= 11 is 0. The van der Waals surface area contributed by atoms with E-state index < -0.39 is 20.0 Å². The van der Waals surface area contributed by atoms with Crippen LogP contribution in [0.5, 0.6) is 0 Å². The molecule has 0 aromatic rings. The molecule has 0 rings (SSSR count). The molecule has 3 unspecified atom stereocenters. The molecule has 456 valence electrons. The Morgan fingerprint density at radius 1 is 0.438 bits per heavy atom. The fraction of sp³-hybridized carbons (Fsp3) is 0.648. The second-order valence-electron chi connectivity index (χ2n) is 22.4. The highest BCUT2D eigenvalue weighted by molar-refractivity contribution is 7.47. The highest BCUT2D eigenvalue weighted by atomic mass is 31.2. The molecule has 0 bridgehead atoms. The van der Waals surface area contributed by atoms with E-state index in [9.17, 15) is 19.4 Å². The maximum Gasteiger partial charge on any atom is 0.472 e. The van der Waals surface area contributed by atoms with Gasteiger partial charge in [-0.15, -0.1) is 0 Å². The summed E-state index contributed by atoms with van der Waals surface area (Å²) in [5.74, 6) is -0.197. The number of nitrogens with one attached hydrogen (secondary N) is 1. The summed E-state index contributed by atoms with van der Waals surface area (Å²) < 4.78 is 23.7. The molecule has 0 radical (unpaired) electrons. The minimum absolute atomic E-state index is 0.0489. The average molecular weight is 1130 g/mol. The number of allylic oxidation sites excluding steroid dienone is 23. The van der Waals surface area contributed by atoms with Crippen molar-refractivity contribution in [1.29, 1.82) is 0 Å². The molecule has 0 aliphatic carbocycles. The highest BCUT2D eigenvalue weighted by Gasteiger charge is 2.27. The lowest BCUT2D eigenvalue weighted by Gasteiger charge is -2.25. The standard InChI is InChI=1S/C71H121N2O6P/c1-6-8-10-12-14-16-18-20-22-24-25-26-27-28-29-30-31-32-33-34-35-36-37-38-39-40-41-42-43-44-45-46-47-49-51-53-55-57-59-61-63-65-71(75)72-69(68-79-80(76,77)78-67-66-73(3,4)5)70(74)64-62-60-58-56-54-52-50-48-23-21-19-17-15-13-11-9-7-2/h8,10,14,16,20,22,25-26,28-29,31-32,34-35,37-38,40-41,43-44,54,56,62,64,69-70,74H,6-7,9,11-13,15,17-19,21,23-24,27,30,33,36,39,42,45-53,55,57-61,63,65-68H2,1-5H3,(H-,72,75,76,77)/p+1/b10-8-,16-14-,22-20-,26-25-,29-28-,32-31-,35-34-,38-37-,41-40-,44-43-,56-54+,64-62+. The summed E-state index contributed by atoms with van der Waals surface area (Å²) in [6.45, 7) is 4.67. The molecular weight excluding hydrogens is 1010 g/mol. The molecule has 0 aromatic carbocycles. The predicted molar refractivity (Wildman–Crippen MR) is 350 cm³/mol. The molecule has 0 saturated heterocycles. The summed E-state index contributed by atoms with van der Waals surface area (Å²) in [5, 5.41) is 13.9. The van der Waals surface area contributed by atoms with E-state index in [0.29, 0.717) is 17.4 Å². The van der Waals surface area contributed by atoms with Gasteiger partial charge < -0.3 is 19.8 Å². The number of hydrogen-bond acceptors (Lipinski definition) is 5. The van der Waals surface area contributed by atoms with Crippen molar-refractivity contribution >= 4 is 13.7 Å². The SMILES string of the molecule is CC/C=C\C/C=C\C/C=C\C/C=C\C/C=C\C/C=C\C/C=C\C/C=C\C/C=C\C/C=C\CCCCCCCCCCCCC(=O)NC(COP(=O)(O)OCC[N+](C)(C)C)C(O)/C=C/CC/C=C/CCCCCCCCCCCCC. The molecule has 0 fully saturated rings. The number of amides is 1. The number of phosphoric ester groups is 1. The zero-order valence-electron chi connectivity index (χ0n) is 52.0. The molecule has 80 heavy (non-hydrogen) atoms. The Kier molecular flexibility index (Phi) is 57.3. The Morgan fingerprint density at radius 2 is 0.762 bits per heavy atom. The van der Waals surface area contributed by atoms with Crippen LogP contribution in [0, 0.1) is 0 Å². The van der Waals surface area contributed by atoms with Gasteiger partial charge in [0.2, 0.25) is 5.91 Å². The summed E-state index contributed by atoms with van der Waals surface area (Å²) in [6.07, 6.45) is 92.6. The molecule has 3 atom stereocenters.